The molecule has 0 N–H and O–H groups in total. The molecule has 0 aliphatic heterocycles. The number of para-hydroxylation sites is 1. The Labute approximate surface area is 130 Å². The monoisotopic (exact) mass is 321 g/mol. The van der Waals surface area contributed by atoms with Crippen LogP contribution < -0.4 is 0 Å². The molecule has 3 rings (SSSR count). The number of aromatic nitrogens is 2. The maximum absolute atomic E-state index is 14.1. The number of hydrogen-bond donors (Lipinski definition) is 0. The quantitative estimate of drug-likeness (QED) is 0.620. The Kier molecular flexibility index (Phi) is 3.83. The highest BCUT2D eigenvalue weighted by atomic mass is 19.4. The zero-order valence-corrected chi connectivity index (χ0v) is 12.0. The van der Waals surface area contributed by atoms with Gasteiger partial charge in [0.15, 0.2) is 0 Å². The second-order valence-electron chi connectivity index (χ2n) is 5.15. The van der Waals surface area contributed by atoms with E-state index < -0.39 is 23.7 Å². The number of fused-ring (bicyclic) bond motifs is 1. The van der Waals surface area contributed by atoms with E-state index in [1.807, 2.05) is 0 Å². The molecular weight excluding hydrogens is 308 g/mol. The van der Waals surface area contributed by atoms with Gasteiger partial charge in [0.2, 0.25) is 5.95 Å². The number of benzene rings is 2. The summed E-state index contributed by atoms with van der Waals surface area (Å²) in [5, 5.41) is 3.58. The van der Waals surface area contributed by atoms with E-state index in [0.717, 1.165) is 16.3 Å². The molecule has 2 aromatic carbocycles. The Hall–Kier alpha value is -2.37. The van der Waals surface area contributed by atoms with Crippen molar-refractivity contribution in [1.82, 2.24) is 9.78 Å². The zero-order chi connectivity index (χ0) is 16.6. The van der Waals surface area contributed by atoms with Gasteiger partial charge in [-0.2, -0.15) is 17.6 Å². The predicted molar refractivity (Wildman–Crippen MR) is 79.2 cm³/mol. The lowest BCUT2D eigenvalue weighted by Gasteiger charge is -2.19. The summed E-state index contributed by atoms with van der Waals surface area (Å²) >= 11 is 0. The summed E-state index contributed by atoms with van der Waals surface area (Å²) in [6.45, 7) is 3.78. The molecule has 0 saturated heterocycles. The average Bonchev–Trinajstić information content (AvgIpc) is 2.86. The topological polar surface area (TPSA) is 17.8 Å². The molecule has 0 fully saturated rings. The largest absolute Gasteiger partial charge is 0.418 e. The fourth-order valence-electron chi connectivity index (χ4n) is 2.71. The van der Waals surface area contributed by atoms with Crippen molar-refractivity contribution in [2.24, 2.45) is 0 Å². The molecule has 6 heteroatoms. The summed E-state index contributed by atoms with van der Waals surface area (Å²) < 4.78 is 55.1. The Morgan fingerprint density at radius 3 is 2.35 bits per heavy atom. The number of hydrogen-bond acceptors (Lipinski definition) is 1. The summed E-state index contributed by atoms with van der Waals surface area (Å²) in [4.78, 5) is 0. The van der Waals surface area contributed by atoms with Gasteiger partial charge in [-0.1, -0.05) is 43.3 Å². The smallest absolute Gasteiger partial charge is 0.254 e. The lowest BCUT2D eigenvalue weighted by molar-refractivity contribution is -0.136. The number of halogens is 4. The van der Waals surface area contributed by atoms with Crippen LogP contribution in [0.4, 0.5) is 17.6 Å². The van der Waals surface area contributed by atoms with Gasteiger partial charge in [0.25, 0.3) is 0 Å². The number of alkyl halides is 3. The zero-order valence-electron chi connectivity index (χ0n) is 12.0. The van der Waals surface area contributed by atoms with E-state index >= 15 is 0 Å². The average molecular weight is 321 g/mol. The van der Waals surface area contributed by atoms with Gasteiger partial charge < -0.3 is 0 Å². The fourth-order valence-corrected chi connectivity index (χ4v) is 2.71. The van der Waals surface area contributed by atoms with Crippen LogP contribution >= 0.6 is 0 Å². The van der Waals surface area contributed by atoms with Crippen LogP contribution in [0.15, 0.2) is 48.5 Å². The van der Waals surface area contributed by atoms with Crippen molar-refractivity contribution in [3.63, 3.8) is 0 Å². The molecule has 23 heavy (non-hydrogen) atoms. The molecule has 1 aromatic heterocycles. The number of rotatable bonds is 3. The Morgan fingerprint density at radius 1 is 1.04 bits per heavy atom. The lowest BCUT2D eigenvalue weighted by Crippen LogP contribution is -2.15. The third-order valence-corrected chi connectivity index (χ3v) is 3.74. The van der Waals surface area contributed by atoms with Gasteiger partial charge in [-0.25, -0.2) is 0 Å². The van der Waals surface area contributed by atoms with Crippen molar-refractivity contribution in [1.29, 1.82) is 0 Å². The van der Waals surface area contributed by atoms with Crippen LogP contribution in [0.1, 0.15) is 23.6 Å². The first kappa shape index (κ1) is 15.5. The predicted octanol–water partition coefficient (Wildman–Crippen LogP) is 5.01. The van der Waals surface area contributed by atoms with E-state index in [2.05, 4.69) is 12.0 Å². The molecule has 0 amide bonds. The molecule has 3 aromatic rings. The molecule has 0 spiro atoms. The van der Waals surface area contributed by atoms with E-state index in [-0.39, 0.29) is 17.3 Å². The highest BCUT2D eigenvalue weighted by Crippen LogP contribution is 2.37. The standard InChI is InChI=1S/C17H13F4N2/c1-2-14(11-7-4-3-5-8-11)23-15-12(16(18)22-23)9-6-10-13(15)17(19,20)21/h3-10,14H,1-2H2. The normalized spacial score (nSPS) is 13.4. The van der Waals surface area contributed by atoms with E-state index in [9.17, 15) is 17.6 Å². The van der Waals surface area contributed by atoms with Crippen molar-refractivity contribution in [2.75, 3.05) is 0 Å². The third kappa shape index (κ3) is 2.69. The van der Waals surface area contributed by atoms with Crippen LogP contribution in [0.3, 0.4) is 0 Å². The lowest BCUT2D eigenvalue weighted by atomic mass is 10.0. The minimum absolute atomic E-state index is 0.144. The molecular formula is C17H13F4N2. The molecule has 1 unspecified atom stereocenters. The van der Waals surface area contributed by atoms with Crippen LogP contribution in [-0.4, -0.2) is 9.78 Å². The molecule has 1 atom stereocenters. The van der Waals surface area contributed by atoms with Gasteiger partial charge in [0.1, 0.15) is 0 Å². The molecule has 2 nitrogen and oxygen atoms in total. The van der Waals surface area contributed by atoms with Crippen LogP contribution in [0.25, 0.3) is 10.9 Å². The van der Waals surface area contributed by atoms with E-state index in [1.54, 1.807) is 30.3 Å². The fraction of sp³-hybridized carbons (Fsp3) is 0.176. The molecule has 1 radical (unpaired) electrons. The Morgan fingerprint density at radius 2 is 1.74 bits per heavy atom. The van der Waals surface area contributed by atoms with Crippen molar-refractivity contribution in [3.8, 4) is 0 Å². The van der Waals surface area contributed by atoms with Crippen LogP contribution in [-0.2, 0) is 6.18 Å². The molecule has 0 saturated carbocycles. The van der Waals surface area contributed by atoms with Crippen molar-refractivity contribution in [3.05, 3.63) is 72.5 Å². The van der Waals surface area contributed by atoms with Gasteiger partial charge in [-0.3, -0.25) is 4.68 Å². The maximum atomic E-state index is 14.1. The minimum Gasteiger partial charge on any atom is -0.254 e. The van der Waals surface area contributed by atoms with Crippen molar-refractivity contribution in [2.45, 2.75) is 18.6 Å². The first-order chi connectivity index (χ1) is 10.9. The highest BCUT2D eigenvalue weighted by Gasteiger charge is 2.35. The minimum atomic E-state index is -4.59. The van der Waals surface area contributed by atoms with Gasteiger partial charge in [-0.15, -0.1) is 5.10 Å². The number of nitrogens with zero attached hydrogens (tertiary/aromatic N) is 2. The Balaban J connectivity index is 2.29. The summed E-state index contributed by atoms with van der Waals surface area (Å²) in [5.41, 5.74) is -0.431. The molecule has 0 aliphatic carbocycles. The van der Waals surface area contributed by atoms with Crippen LogP contribution in [0.2, 0.25) is 0 Å². The molecule has 119 valence electrons. The third-order valence-electron chi connectivity index (χ3n) is 3.74. The second-order valence-corrected chi connectivity index (χ2v) is 5.15. The first-order valence-electron chi connectivity index (χ1n) is 7.01. The first-order valence-corrected chi connectivity index (χ1v) is 7.01. The van der Waals surface area contributed by atoms with Crippen molar-refractivity contribution >= 4 is 10.9 Å². The summed E-state index contributed by atoms with van der Waals surface area (Å²) in [6.07, 6.45) is -4.35. The van der Waals surface area contributed by atoms with Gasteiger partial charge >= 0.3 is 6.18 Å². The highest BCUT2D eigenvalue weighted by molar-refractivity contribution is 5.83. The van der Waals surface area contributed by atoms with Gasteiger partial charge in [-0.05, 0) is 24.1 Å². The maximum Gasteiger partial charge on any atom is 0.418 e. The van der Waals surface area contributed by atoms with E-state index in [1.165, 1.54) is 12.1 Å². The van der Waals surface area contributed by atoms with E-state index in [4.69, 9.17) is 0 Å². The van der Waals surface area contributed by atoms with Gasteiger partial charge in [0.05, 0.1) is 22.5 Å². The van der Waals surface area contributed by atoms with Crippen LogP contribution in [0.5, 0.6) is 0 Å². The summed E-state index contributed by atoms with van der Waals surface area (Å²) in [5.74, 6) is -0.916. The Bertz CT molecular complexity index is 822. The summed E-state index contributed by atoms with van der Waals surface area (Å²) in [6, 6.07) is 11.7. The van der Waals surface area contributed by atoms with E-state index in [0.29, 0.717) is 0 Å². The van der Waals surface area contributed by atoms with Gasteiger partial charge in [0, 0.05) is 0 Å². The molecule has 0 aliphatic rings. The summed E-state index contributed by atoms with van der Waals surface area (Å²) in [7, 11) is 0. The SMILES string of the molecule is [CH2]CC(c1ccccc1)n1nc(F)c2cccc(C(F)(F)F)c21. The van der Waals surface area contributed by atoms with Crippen LogP contribution in [0, 0.1) is 12.9 Å². The molecule has 0 bridgehead atoms. The van der Waals surface area contributed by atoms with Crippen molar-refractivity contribution < 1.29 is 17.6 Å². The molecule has 1 heterocycles. The second kappa shape index (κ2) is 5.68.